The second kappa shape index (κ2) is 6.33. The van der Waals surface area contributed by atoms with E-state index in [1.807, 2.05) is 37.3 Å². The summed E-state index contributed by atoms with van der Waals surface area (Å²) in [4.78, 5) is 28.8. The molecule has 4 nitrogen and oxygen atoms in total. The standard InChI is InChI=1S/C24H23NO3/c1-3-28-24(27)20-18-13-16-8-4-5-10-17(16)23(26)22(18)25-19(20)12-11-15-9-6-7-14(2)21(15)25/h4-12,18-20,22H,3,13H2,1-2H3/t18-,19-,20-,22+/m1/s1. The Kier molecular flexibility index (Phi) is 3.90. The van der Waals surface area contributed by atoms with E-state index in [9.17, 15) is 9.59 Å². The molecule has 2 aromatic carbocycles. The van der Waals surface area contributed by atoms with Gasteiger partial charge in [-0.3, -0.25) is 9.59 Å². The molecule has 4 heteroatoms. The highest BCUT2D eigenvalue weighted by Gasteiger charge is 2.57. The molecule has 28 heavy (non-hydrogen) atoms. The van der Waals surface area contributed by atoms with Gasteiger partial charge >= 0.3 is 5.97 Å². The highest BCUT2D eigenvalue weighted by molar-refractivity contribution is 6.06. The van der Waals surface area contributed by atoms with E-state index in [0.29, 0.717) is 6.61 Å². The number of carbonyl (C=O) groups is 2. The number of esters is 1. The Bertz CT molecular complexity index is 1010. The molecule has 1 fully saturated rings. The van der Waals surface area contributed by atoms with Crippen LogP contribution in [0.3, 0.4) is 0 Å². The second-order valence-electron chi connectivity index (χ2n) is 7.88. The molecule has 0 aromatic heterocycles. The summed E-state index contributed by atoms with van der Waals surface area (Å²) in [5.41, 5.74) is 5.13. The number of fused-ring (bicyclic) bond motifs is 6. The van der Waals surface area contributed by atoms with Gasteiger partial charge in [0.15, 0.2) is 5.78 Å². The maximum Gasteiger partial charge on any atom is 0.311 e. The molecule has 4 atom stereocenters. The summed E-state index contributed by atoms with van der Waals surface area (Å²) in [6.45, 7) is 4.26. The van der Waals surface area contributed by atoms with Crippen LogP contribution in [-0.2, 0) is 16.0 Å². The minimum atomic E-state index is -0.341. The molecule has 142 valence electrons. The van der Waals surface area contributed by atoms with E-state index >= 15 is 0 Å². The largest absolute Gasteiger partial charge is 0.466 e. The highest BCUT2D eigenvalue weighted by Crippen LogP contribution is 2.49. The SMILES string of the molecule is CCOC(=O)[C@@H]1[C@H]2Cc3ccccc3C(=O)[C@H]2N2c3c(C)cccc3C=C[C@H]12. The fourth-order valence-corrected chi connectivity index (χ4v) is 5.35. The number of para-hydroxylation sites is 1. The zero-order chi connectivity index (χ0) is 19.4. The predicted molar refractivity (Wildman–Crippen MR) is 108 cm³/mol. The number of benzene rings is 2. The molecule has 3 aliphatic rings. The Labute approximate surface area is 164 Å². The van der Waals surface area contributed by atoms with Crippen molar-refractivity contribution in [2.75, 3.05) is 11.5 Å². The van der Waals surface area contributed by atoms with Crippen molar-refractivity contribution in [2.45, 2.75) is 32.4 Å². The number of hydrogen-bond acceptors (Lipinski definition) is 4. The molecule has 0 unspecified atom stereocenters. The van der Waals surface area contributed by atoms with E-state index in [0.717, 1.165) is 34.4 Å². The summed E-state index contributed by atoms with van der Waals surface area (Å²) in [6, 6.07) is 13.5. The molecule has 0 amide bonds. The van der Waals surface area contributed by atoms with Gasteiger partial charge < -0.3 is 9.64 Å². The van der Waals surface area contributed by atoms with E-state index in [1.165, 1.54) is 0 Å². The maximum atomic E-state index is 13.6. The molecule has 0 saturated carbocycles. The van der Waals surface area contributed by atoms with Crippen LogP contribution in [0, 0.1) is 18.8 Å². The first kappa shape index (κ1) is 17.2. The smallest absolute Gasteiger partial charge is 0.311 e. The van der Waals surface area contributed by atoms with E-state index in [2.05, 4.69) is 36.1 Å². The van der Waals surface area contributed by atoms with E-state index in [1.54, 1.807) is 0 Å². The Balaban J connectivity index is 1.70. The summed E-state index contributed by atoms with van der Waals surface area (Å²) in [6.07, 6.45) is 4.89. The van der Waals surface area contributed by atoms with Crippen molar-refractivity contribution in [3.05, 3.63) is 70.8 Å². The van der Waals surface area contributed by atoms with Gasteiger partial charge in [0.05, 0.1) is 24.6 Å². The minimum Gasteiger partial charge on any atom is -0.466 e. The molecule has 1 aliphatic carbocycles. The van der Waals surface area contributed by atoms with E-state index in [4.69, 9.17) is 4.74 Å². The molecule has 0 radical (unpaired) electrons. The van der Waals surface area contributed by atoms with Crippen molar-refractivity contribution < 1.29 is 14.3 Å². The van der Waals surface area contributed by atoms with Crippen molar-refractivity contribution in [2.24, 2.45) is 11.8 Å². The van der Waals surface area contributed by atoms with Gasteiger partial charge in [0.25, 0.3) is 0 Å². The molecule has 2 aromatic rings. The monoisotopic (exact) mass is 373 g/mol. The lowest BCUT2D eigenvalue weighted by molar-refractivity contribution is -0.149. The lowest BCUT2D eigenvalue weighted by atomic mass is 9.75. The van der Waals surface area contributed by atoms with Gasteiger partial charge in [0.1, 0.15) is 0 Å². The lowest BCUT2D eigenvalue weighted by Gasteiger charge is -2.38. The number of carbonyl (C=O) groups excluding carboxylic acids is 2. The van der Waals surface area contributed by atoms with Crippen LogP contribution in [0.5, 0.6) is 0 Å². The molecule has 5 rings (SSSR count). The Morgan fingerprint density at radius 3 is 2.82 bits per heavy atom. The number of hydrogen-bond donors (Lipinski definition) is 0. The van der Waals surface area contributed by atoms with Gasteiger partial charge in [-0.25, -0.2) is 0 Å². The first-order valence-electron chi connectivity index (χ1n) is 9.96. The molecule has 2 heterocycles. The summed E-state index contributed by atoms with van der Waals surface area (Å²) in [7, 11) is 0. The number of nitrogens with zero attached hydrogens (tertiary/aromatic N) is 1. The van der Waals surface area contributed by atoms with Crippen molar-refractivity contribution in [3.8, 4) is 0 Å². The molecular formula is C24H23NO3. The van der Waals surface area contributed by atoms with Gasteiger partial charge in [0.2, 0.25) is 0 Å². The summed E-state index contributed by atoms with van der Waals surface area (Å²) in [5, 5.41) is 0. The van der Waals surface area contributed by atoms with Crippen LogP contribution >= 0.6 is 0 Å². The molecule has 0 bridgehead atoms. The van der Waals surface area contributed by atoms with Gasteiger partial charge in [-0.2, -0.15) is 0 Å². The minimum absolute atomic E-state index is 0.0818. The predicted octanol–water partition coefficient (Wildman–Crippen LogP) is 3.81. The quantitative estimate of drug-likeness (QED) is 0.751. The van der Waals surface area contributed by atoms with Crippen molar-refractivity contribution in [1.82, 2.24) is 0 Å². The van der Waals surface area contributed by atoms with Crippen LogP contribution in [-0.4, -0.2) is 30.4 Å². The normalized spacial score (nSPS) is 26.9. The lowest BCUT2D eigenvalue weighted by Crippen LogP contribution is -2.46. The number of ketones is 1. The number of anilines is 1. The zero-order valence-electron chi connectivity index (χ0n) is 16.1. The fourth-order valence-electron chi connectivity index (χ4n) is 5.35. The first-order chi connectivity index (χ1) is 13.6. The Hall–Kier alpha value is -2.88. The zero-order valence-corrected chi connectivity index (χ0v) is 16.1. The maximum absolute atomic E-state index is 13.6. The van der Waals surface area contributed by atoms with Crippen LogP contribution in [0.1, 0.15) is 34.0 Å². The molecule has 1 saturated heterocycles. The molecule has 0 spiro atoms. The summed E-state index contributed by atoms with van der Waals surface area (Å²) >= 11 is 0. The highest BCUT2D eigenvalue weighted by atomic mass is 16.5. The molecule has 2 aliphatic heterocycles. The van der Waals surface area contributed by atoms with Gasteiger partial charge in [0, 0.05) is 17.2 Å². The second-order valence-corrected chi connectivity index (χ2v) is 7.88. The topological polar surface area (TPSA) is 46.6 Å². The van der Waals surface area contributed by atoms with Gasteiger partial charge in [-0.1, -0.05) is 54.6 Å². The van der Waals surface area contributed by atoms with Crippen LogP contribution in [0.15, 0.2) is 48.5 Å². The van der Waals surface area contributed by atoms with Crippen LogP contribution in [0.2, 0.25) is 0 Å². The third kappa shape index (κ3) is 2.30. The Morgan fingerprint density at radius 1 is 1.18 bits per heavy atom. The number of rotatable bonds is 2. The average molecular weight is 373 g/mol. The first-order valence-corrected chi connectivity index (χ1v) is 9.96. The fraction of sp³-hybridized carbons (Fsp3) is 0.333. The third-order valence-electron chi connectivity index (χ3n) is 6.42. The van der Waals surface area contributed by atoms with Gasteiger partial charge in [-0.05, 0) is 37.0 Å². The number of ether oxygens (including phenoxy) is 1. The summed E-state index contributed by atoms with van der Waals surface area (Å²) < 4.78 is 5.45. The van der Waals surface area contributed by atoms with E-state index < -0.39 is 0 Å². The average Bonchev–Trinajstić information content (AvgIpc) is 3.03. The van der Waals surface area contributed by atoms with Crippen LogP contribution in [0.4, 0.5) is 5.69 Å². The molecular weight excluding hydrogens is 350 g/mol. The number of aryl methyl sites for hydroxylation is 1. The number of Topliss-reactive ketones (excluding diaryl/α,β-unsaturated/α-hetero) is 1. The Morgan fingerprint density at radius 2 is 2.00 bits per heavy atom. The third-order valence-corrected chi connectivity index (χ3v) is 6.42. The van der Waals surface area contributed by atoms with Crippen LogP contribution in [0.25, 0.3) is 6.08 Å². The van der Waals surface area contributed by atoms with Crippen LogP contribution < -0.4 is 4.90 Å². The van der Waals surface area contributed by atoms with Crippen molar-refractivity contribution in [1.29, 1.82) is 0 Å². The van der Waals surface area contributed by atoms with Crippen molar-refractivity contribution in [3.63, 3.8) is 0 Å². The van der Waals surface area contributed by atoms with Gasteiger partial charge in [-0.15, -0.1) is 0 Å². The molecule has 0 N–H and O–H groups in total. The summed E-state index contributed by atoms with van der Waals surface area (Å²) in [5.74, 6) is -0.500. The van der Waals surface area contributed by atoms with E-state index in [-0.39, 0.29) is 35.7 Å². The van der Waals surface area contributed by atoms with Crippen molar-refractivity contribution >= 4 is 23.5 Å².